The zero-order valence-corrected chi connectivity index (χ0v) is 17.4. The smallest absolute Gasteiger partial charge is 0.339 e. The summed E-state index contributed by atoms with van der Waals surface area (Å²) < 4.78 is 5.20. The van der Waals surface area contributed by atoms with Crippen LogP contribution in [0.2, 0.25) is 0 Å². The van der Waals surface area contributed by atoms with Crippen molar-refractivity contribution in [2.24, 2.45) is 0 Å². The van der Waals surface area contributed by atoms with E-state index in [-0.39, 0.29) is 17.2 Å². The minimum Gasteiger partial charge on any atom is -0.449 e. The molecule has 0 unspecified atom stereocenters. The van der Waals surface area contributed by atoms with Gasteiger partial charge in [0.25, 0.3) is 11.6 Å². The average molecular weight is 416 g/mol. The number of nitro benzene ring substituents is 1. The number of hydrogen-bond acceptors (Lipinski definition) is 6. The Labute approximate surface area is 174 Å². The number of nitro groups is 1. The predicted octanol–water partition coefficient (Wildman–Crippen LogP) is 4.17. The van der Waals surface area contributed by atoms with Crippen LogP contribution in [0.1, 0.15) is 42.1 Å². The van der Waals surface area contributed by atoms with Gasteiger partial charge in [-0.15, -0.1) is 11.8 Å². The largest absolute Gasteiger partial charge is 0.449 e. The number of nitrogens with one attached hydrogen (secondary N) is 1. The van der Waals surface area contributed by atoms with E-state index in [0.717, 1.165) is 12.0 Å². The van der Waals surface area contributed by atoms with Gasteiger partial charge in [0.15, 0.2) is 6.10 Å². The lowest BCUT2D eigenvalue weighted by Crippen LogP contribution is -2.38. The average Bonchev–Trinajstić information content (AvgIpc) is 2.74. The molecule has 0 bridgehead atoms. The highest BCUT2D eigenvalue weighted by atomic mass is 32.2. The van der Waals surface area contributed by atoms with Gasteiger partial charge < -0.3 is 10.1 Å². The zero-order valence-electron chi connectivity index (χ0n) is 16.6. The van der Waals surface area contributed by atoms with Crippen LogP contribution in [0.3, 0.4) is 0 Å². The van der Waals surface area contributed by atoms with Crippen LogP contribution in [0.25, 0.3) is 0 Å². The summed E-state index contributed by atoms with van der Waals surface area (Å²) in [6, 6.07) is 14.0. The predicted molar refractivity (Wildman–Crippen MR) is 112 cm³/mol. The third-order valence-electron chi connectivity index (χ3n) is 4.55. The van der Waals surface area contributed by atoms with Crippen LogP contribution in [0.5, 0.6) is 0 Å². The van der Waals surface area contributed by atoms with E-state index < -0.39 is 22.9 Å². The topological polar surface area (TPSA) is 98.5 Å². The number of nitrogens with zero attached hydrogens (tertiary/aromatic N) is 1. The summed E-state index contributed by atoms with van der Waals surface area (Å²) in [5, 5.41) is 14.0. The van der Waals surface area contributed by atoms with E-state index in [2.05, 4.69) is 5.32 Å². The van der Waals surface area contributed by atoms with Crippen LogP contribution < -0.4 is 5.32 Å². The van der Waals surface area contributed by atoms with Gasteiger partial charge in [-0.05, 0) is 37.3 Å². The second kappa shape index (κ2) is 10.6. The van der Waals surface area contributed by atoms with Crippen LogP contribution in [0, 0.1) is 10.1 Å². The highest BCUT2D eigenvalue weighted by Gasteiger charge is 2.22. The number of carbonyl (C=O) groups is 2. The van der Waals surface area contributed by atoms with Gasteiger partial charge in [-0.1, -0.05) is 37.3 Å². The van der Waals surface area contributed by atoms with E-state index in [1.807, 2.05) is 37.3 Å². The molecule has 154 valence electrons. The molecular weight excluding hydrogens is 392 g/mol. The standard InChI is InChI=1S/C21H24N2O5S/c1-4-15(16-8-6-5-7-9-16)13-22-20(24)14(2)28-21(25)17-10-11-19(29-3)18(12-17)23(26)27/h5-12,14-15H,4,13H2,1-3H3,(H,22,24)/t14-,15-/m1/s1. The van der Waals surface area contributed by atoms with Gasteiger partial charge in [0.2, 0.25) is 0 Å². The summed E-state index contributed by atoms with van der Waals surface area (Å²) in [6.07, 6.45) is 1.55. The Balaban J connectivity index is 1.97. The molecular formula is C21H24N2O5S. The van der Waals surface area contributed by atoms with Gasteiger partial charge in [0.1, 0.15) is 0 Å². The molecule has 1 N–H and O–H groups in total. The Morgan fingerprint density at radius 2 is 1.90 bits per heavy atom. The van der Waals surface area contributed by atoms with E-state index in [1.54, 1.807) is 6.26 Å². The molecule has 29 heavy (non-hydrogen) atoms. The number of carbonyl (C=O) groups excluding carboxylic acids is 2. The van der Waals surface area contributed by atoms with Gasteiger partial charge >= 0.3 is 5.97 Å². The zero-order chi connectivity index (χ0) is 21.4. The quantitative estimate of drug-likeness (QED) is 0.285. The maximum atomic E-state index is 12.3. The molecule has 0 aromatic heterocycles. The number of amides is 1. The van der Waals surface area contributed by atoms with E-state index >= 15 is 0 Å². The molecule has 0 heterocycles. The number of rotatable bonds is 9. The second-order valence-corrected chi connectivity index (χ2v) is 7.30. The van der Waals surface area contributed by atoms with E-state index in [0.29, 0.717) is 11.4 Å². The fourth-order valence-corrected chi connectivity index (χ4v) is 3.38. The molecule has 0 aliphatic heterocycles. The maximum absolute atomic E-state index is 12.3. The molecule has 0 radical (unpaired) electrons. The molecule has 0 spiro atoms. The molecule has 8 heteroatoms. The van der Waals surface area contributed by atoms with Crippen molar-refractivity contribution >= 4 is 29.3 Å². The Morgan fingerprint density at radius 1 is 1.21 bits per heavy atom. The molecule has 0 saturated heterocycles. The second-order valence-electron chi connectivity index (χ2n) is 6.45. The number of esters is 1. The van der Waals surface area contributed by atoms with E-state index in [1.165, 1.54) is 36.9 Å². The van der Waals surface area contributed by atoms with Crippen molar-refractivity contribution in [1.29, 1.82) is 0 Å². The molecule has 0 aliphatic rings. The Morgan fingerprint density at radius 3 is 2.48 bits per heavy atom. The van der Waals surface area contributed by atoms with E-state index in [4.69, 9.17) is 4.74 Å². The van der Waals surface area contributed by atoms with Crippen molar-refractivity contribution < 1.29 is 19.2 Å². The van der Waals surface area contributed by atoms with E-state index in [9.17, 15) is 19.7 Å². The lowest BCUT2D eigenvalue weighted by molar-refractivity contribution is -0.387. The highest BCUT2D eigenvalue weighted by molar-refractivity contribution is 7.98. The summed E-state index contributed by atoms with van der Waals surface area (Å²) in [5.74, 6) is -1.04. The SMILES string of the molecule is CC[C@H](CNC(=O)[C@@H](C)OC(=O)c1ccc(SC)c([N+](=O)[O-])c1)c1ccccc1. The fraction of sp³-hybridized carbons (Fsp3) is 0.333. The molecule has 0 aliphatic carbocycles. The van der Waals surface area contributed by atoms with Gasteiger partial charge in [-0.3, -0.25) is 14.9 Å². The normalized spacial score (nSPS) is 12.7. The van der Waals surface area contributed by atoms with Gasteiger partial charge in [-0.25, -0.2) is 4.79 Å². The maximum Gasteiger partial charge on any atom is 0.339 e. The molecule has 2 atom stereocenters. The lowest BCUT2D eigenvalue weighted by Gasteiger charge is -2.18. The molecule has 2 aromatic carbocycles. The first kappa shape index (κ1) is 22.4. The van der Waals surface area contributed by atoms with Crippen molar-refractivity contribution in [2.75, 3.05) is 12.8 Å². The Hall–Kier alpha value is -2.87. The monoisotopic (exact) mass is 416 g/mol. The minimum atomic E-state index is -1.02. The lowest BCUT2D eigenvalue weighted by atomic mass is 9.96. The number of thioether (sulfide) groups is 1. The first-order valence-electron chi connectivity index (χ1n) is 9.23. The van der Waals surface area contributed by atoms with Gasteiger partial charge in [-0.2, -0.15) is 0 Å². The van der Waals surface area contributed by atoms with Gasteiger partial charge in [0, 0.05) is 18.5 Å². The summed E-state index contributed by atoms with van der Waals surface area (Å²) in [6.45, 7) is 3.94. The Kier molecular flexibility index (Phi) is 8.21. The molecule has 2 aromatic rings. The molecule has 7 nitrogen and oxygen atoms in total. The van der Waals surface area contributed by atoms with Gasteiger partial charge in [0.05, 0.1) is 15.4 Å². The van der Waals surface area contributed by atoms with Crippen molar-refractivity contribution in [2.45, 2.75) is 37.2 Å². The molecule has 1 amide bonds. The minimum absolute atomic E-state index is 0.0323. The van der Waals surface area contributed by atoms with Crippen LogP contribution >= 0.6 is 11.8 Å². The molecule has 0 saturated carbocycles. The summed E-state index contributed by atoms with van der Waals surface area (Å²) in [7, 11) is 0. The summed E-state index contributed by atoms with van der Waals surface area (Å²) in [4.78, 5) is 35.7. The summed E-state index contributed by atoms with van der Waals surface area (Å²) >= 11 is 1.21. The summed E-state index contributed by atoms with van der Waals surface area (Å²) in [5.41, 5.74) is 0.990. The number of benzene rings is 2. The van der Waals surface area contributed by atoms with Crippen molar-refractivity contribution in [3.63, 3.8) is 0 Å². The third kappa shape index (κ3) is 6.05. The fourth-order valence-electron chi connectivity index (χ4n) is 2.83. The highest BCUT2D eigenvalue weighted by Crippen LogP contribution is 2.28. The van der Waals surface area contributed by atoms with Crippen molar-refractivity contribution in [3.05, 3.63) is 69.8 Å². The first-order chi connectivity index (χ1) is 13.9. The van der Waals surface area contributed by atoms with Crippen LogP contribution in [-0.4, -0.2) is 35.7 Å². The van der Waals surface area contributed by atoms with Crippen molar-refractivity contribution in [3.8, 4) is 0 Å². The van der Waals surface area contributed by atoms with Crippen molar-refractivity contribution in [1.82, 2.24) is 5.32 Å². The first-order valence-corrected chi connectivity index (χ1v) is 10.5. The molecule has 0 fully saturated rings. The third-order valence-corrected chi connectivity index (χ3v) is 5.34. The Bertz CT molecular complexity index is 873. The van der Waals surface area contributed by atoms with Crippen LogP contribution in [0.4, 0.5) is 5.69 Å². The van der Waals surface area contributed by atoms with Crippen LogP contribution in [0.15, 0.2) is 53.4 Å². The molecule has 2 rings (SSSR count). The number of ether oxygens (including phenoxy) is 1. The van der Waals surface area contributed by atoms with Crippen LogP contribution in [-0.2, 0) is 9.53 Å². The number of hydrogen-bond donors (Lipinski definition) is 1.